The zero-order valence-electron chi connectivity index (χ0n) is 27.8. The molecule has 0 aliphatic rings. The molecule has 0 N–H and O–H groups in total. The van der Waals surface area contributed by atoms with Crippen LogP contribution in [0.4, 0.5) is 114 Å². The van der Waals surface area contributed by atoms with Crippen molar-refractivity contribution in [3.8, 4) is 0 Å². The molecule has 4 unspecified atom stereocenters. The molecule has 0 aliphatic heterocycles. The molecular weight excluding hydrogens is 922 g/mol. The fourth-order valence-electron chi connectivity index (χ4n) is 3.20. The van der Waals surface area contributed by atoms with Crippen LogP contribution < -0.4 is 0 Å². The van der Waals surface area contributed by atoms with Crippen LogP contribution in [-0.2, 0) is 38.0 Å². The van der Waals surface area contributed by atoms with E-state index in [0.717, 1.165) is 0 Å². The van der Waals surface area contributed by atoms with Gasteiger partial charge in [0.25, 0.3) is 11.3 Å². The average Bonchev–Trinajstić information content (AvgIpc) is 2.98. The van der Waals surface area contributed by atoms with E-state index in [1.165, 1.54) is 0 Å². The van der Waals surface area contributed by atoms with Crippen LogP contribution in [0.2, 0.25) is 0 Å². The van der Waals surface area contributed by atoms with Gasteiger partial charge in [0, 0.05) is 26.0 Å². The molecule has 0 aromatic carbocycles. The zero-order valence-corrected chi connectivity index (χ0v) is 27.8. The van der Waals surface area contributed by atoms with Crippen molar-refractivity contribution >= 4 is 11.9 Å². The molecule has 0 spiro atoms. The molecule has 0 rings (SSSR count). The topological polar surface area (TPSA) is 89.5 Å². The molecule has 4 atom stereocenters. The van der Waals surface area contributed by atoms with E-state index in [1.54, 1.807) is 0 Å². The fraction of sp³-hybridized carbons (Fsp3) is 0.760. The van der Waals surface area contributed by atoms with Gasteiger partial charge in [-0.25, -0.2) is 27.2 Å². The van der Waals surface area contributed by atoms with Gasteiger partial charge in [-0.2, -0.15) is 96.6 Å². The van der Waals surface area contributed by atoms with E-state index in [0.29, 0.717) is 0 Å². The van der Waals surface area contributed by atoms with Crippen molar-refractivity contribution in [1.82, 2.24) is 0 Å². The molecular formula is C25H18F26O8. The van der Waals surface area contributed by atoms with E-state index >= 15 is 43.9 Å². The number of rotatable bonds is 20. The van der Waals surface area contributed by atoms with Crippen LogP contribution in [0.15, 0.2) is 25.3 Å². The molecule has 0 aliphatic carbocycles. The SMILES string of the molecule is C=CC(=O)OCC(F)(OC(F)(F)C(F)(CC(F)(C(F)(F)OC(C)(F)C(F)(F)F)C(F)(F)OC(C)(F)C(F)(F)F)C(F)(F)OC(F)(COC(=O)C=C)C(F)(F)F)C(F)(F)F. The van der Waals surface area contributed by atoms with Gasteiger partial charge in [-0.15, -0.1) is 0 Å². The molecule has 0 fully saturated rings. The highest BCUT2D eigenvalue weighted by molar-refractivity contribution is 5.81. The maximum absolute atomic E-state index is 16.3. The van der Waals surface area contributed by atoms with Crippen LogP contribution >= 0.6 is 0 Å². The highest BCUT2D eigenvalue weighted by Crippen LogP contribution is 2.62. The largest absolute Gasteiger partial charge is 0.456 e. The van der Waals surface area contributed by atoms with Crippen LogP contribution in [0.3, 0.4) is 0 Å². The van der Waals surface area contributed by atoms with E-state index in [9.17, 15) is 79.8 Å². The Labute approximate surface area is 307 Å². The summed E-state index contributed by atoms with van der Waals surface area (Å²) in [7, 11) is 0. The third-order valence-corrected chi connectivity index (χ3v) is 6.54. The minimum Gasteiger partial charge on any atom is -0.456 e. The number of carbonyl (C=O) groups is 2. The smallest absolute Gasteiger partial charge is 0.452 e. The molecule has 0 bridgehead atoms. The number of carbonyl (C=O) groups excluding carboxylic acids is 2. The van der Waals surface area contributed by atoms with Crippen molar-refractivity contribution in [1.29, 1.82) is 0 Å². The molecule has 0 saturated carbocycles. The van der Waals surface area contributed by atoms with Gasteiger partial charge in [0.15, 0.2) is 13.2 Å². The van der Waals surface area contributed by atoms with Gasteiger partial charge in [0.2, 0.25) is 0 Å². The first kappa shape index (κ1) is 55.4. The third-order valence-electron chi connectivity index (χ3n) is 6.54. The number of halogens is 26. The van der Waals surface area contributed by atoms with E-state index in [-0.39, 0.29) is 12.2 Å². The summed E-state index contributed by atoms with van der Waals surface area (Å²) in [5.74, 6) is -32.1. The van der Waals surface area contributed by atoms with Crippen molar-refractivity contribution in [3.63, 3.8) is 0 Å². The summed E-state index contributed by atoms with van der Waals surface area (Å²) < 4.78 is 385. The summed E-state index contributed by atoms with van der Waals surface area (Å²) in [5.41, 5.74) is -17.3. The predicted octanol–water partition coefficient (Wildman–Crippen LogP) is 9.64. The lowest BCUT2D eigenvalue weighted by Gasteiger charge is -2.47. The number of alkyl halides is 26. The number of hydrogen-bond acceptors (Lipinski definition) is 8. The number of hydrogen-bond donors (Lipinski definition) is 0. The molecule has 0 heterocycles. The Morgan fingerprint density at radius 1 is 0.407 bits per heavy atom. The van der Waals surface area contributed by atoms with Crippen molar-refractivity contribution in [3.05, 3.63) is 25.3 Å². The lowest BCUT2D eigenvalue weighted by molar-refractivity contribution is -0.524. The number of esters is 2. The van der Waals surface area contributed by atoms with E-state index in [4.69, 9.17) is 0 Å². The summed E-state index contributed by atoms with van der Waals surface area (Å²) in [6, 6.07) is 0. The van der Waals surface area contributed by atoms with Crippen LogP contribution in [0.1, 0.15) is 20.3 Å². The second-order valence-corrected chi connectivity index (χ2v) is 11.2. The highest BCUT2D eigenvalue weighted by atomic mass is 19.4. The first-order valence-electron chi connectivity index (χ1n) is 13.7. The number of ether oxygens (including phenoxy) is 6. The molecule has 0 saturated heterocycles. The Morgan fingerprint density at radius 3 is 0.814 bits per heavy atom. The van der Waals surface area contributed by atoms with Gasteiger partial charge in [-0.1, -0.05) is 13.2 Å². The maximum atomic E-state index is 16.3. The van der Waals surface area contributed by atoms with Gasteiger partial charge in [-0.05, 0) is 0 Å². The molecule has 348 valence electrons. The van der Waals surface area contributed by atoms with E-state index < -0.39 is 129 Å². The molecule has 0 radical (unpaired) electrons. The monoisotopic (exact) mass is 940 g/mol. The average molecular weight is 940 g/mol. The summed E-state index contributed by atoms with van der Waals surface area (Å²) in [4.78, 5) is 22.2. The first-order chi connectivity index (χ1) is 25.4. The molecule has 0 amide bonds. The van der Waals surface area contributed by atoms with Crippen molar-refractivity contribution in [2.45, 2.75) is 104 Å². The Kier molecular flexibility index (Phi) is 15.4. The van der Waals surface area contributed by atoms with Crippen LogP contribution in [-0.4, -0.2) is 109 Å². The van der Waals surface area contributed by atoms with E-state index in [2.05, 4.69) is 22.6 Å². The predicted molar refractivity (Wildman–Crippen MR) is 130 cm³/mol. The quantitative estimate of drug-likeness (QED) is 0.0678. The molecule has 0 aromatic heterocycles. The Balaban J connectivity index is 8.76. The van der Waals surface area contributed by atoms with Crippen molar-refractivity contribution in [2.75, 3.05) is 13.2 Å². The lowest BCUT2D eigenvalue weighted by Crippen LogP contribution is -2.73. The highest BCUT2D eigenvalue weighted by Gasteiger charge is 2.87. The van der Waals surface area contributed by atoms with Gasteiger partial charge >= 0.3 is 84.5 Å². The third kappa shape index (κ3) is 11.4. The van der Waals surface area contributed by atoms with Crippen LogP contribution in [0.5, 0.6) is 0 Å². The zero-order chi connectivity index (χ0) is 47.9. The summed E-state index contributed by atoms with van der Waals surface area (Å²) in [5, 5.41) is 0. The molecule has 0 aromatic rings. The fourth-order valence-corrected chi connectivity index (χ4v) is 3.20. The van der Waals surface area contributed by atoms with E-state index in [1.807, 2.05) is 18.9 Å². The molecule has 34 heteroatoms. The Bertz CT molecular complexity index is 1410. The van der Waals surface area contributed by atoms with Gasteiger partial charge < -0.3 is 9.47 Å². The Morgan fingerprint density at radius 2 is 0.627 bits per heavy atom. The minimum atomic E-state index is -8.69. The normalized spacial score (nSPS) is 20.4. The van der Waals surface area contributed by atoms with Crippen molar-refractivity contribution < 1.29 is 152 Å². The van der Waals surface area contributed by atoms with Crippen LogP contribution in [0, 0.1) is 0 Å². The first-order valence-corrected chi connectivity index (χ1v) is 13.7. The van der Waals surface area contributed by atoms with Crippen LogP contribution in [0.25, 0.3) is 0 Å². The van der Waals surface area contributed by atoms with Gasteiger partial charge in [-0.3, -0.25) is 18.9 Å². The standard InChI is InChI=1S/C25H18F26O8/c1-5-10(52)54-8-16(30,20(38,39)40)58-24(48,49)15(29,25(50,51)59-17(31,21(41,42)43)9-55-11(53)6-2)7-14(28,22(44,45)56-12(3,26)18(32,33)34)23(46,47)57-13(4,27)19(35,36)37/h5-6H,1-2,7-9H2,3-4H3. The van der Waals surface area contributed by atoms with Crippen molar-refractivity contribution in [2.24, 2.45) is 0 Å². The molecule has 8 nitrogen and oxygen atoms in total. The summed E-state index contributed by atoms with van der Waals surface area (Å²) in [6.07, 6.45) is -70.2. The Hall–Kier alpha value is -3.56. The summed E-state index contributed by atoms with van der Waals surface area (Å²) in [6.45, 7) is -5.55. The molecule has 59 heavy (non-hydrogen) atoms. The maximum Gasteiger partial charge on any atom is 0.452 e. The minimum absolute atomic E-state index is 0.325. The van der Waals surface area contributed by atoms with Gasteiger partial charge in [0.1, 0.15) is 0 Å². The second-order valence-electron chi connectivity index (χ2n) is 11.2. The summed E-state index contributed by atoms with van der Waals surface area (Å²) >= 11 is 0. The lowest BCUT2D eigenvalue weighted by atomic mass is 9.84. The van der Waals surface area contributed by atoms with Gasteiger partial charge in [0.05, 0.1) is 6.42 Å². The second kappa shape index (κ2) is 16.4.